The van der Waals surface area contributed by atoms with Gasteiger partial charge in [-0.2, -0.15) is 0 Å². The zero-order valence-corrected chi connectivity index (χ0v) is 13.7. The number of ether oxygens (including phenoxy) is 1. The Morgan fingerprint density at radius 1 is 1.08 bits per heavy atom. The Kier molecular flexibility index (Phi) is 4.42. The average molecular weight is 322 g/mol. The van der Waals surface area contributed by atoms with Crippen LogP contribution in [0.15, 0.2) is 42.7 Å². The van der Waals surface area contributed by atoms with E-state index in [1.54, 1.807) is 0 Å². The summed E-state index contributed by atoms with van der Waals surface area (Å²) in [6.45, 7) is 3.41. The number of nitrogens with one attached hydrogen (secondary N) is 1. The topological polar surface area (TPSA) is 54.0 Å². The van der Waals surface area contributed by atoms with Crippen molar-refractivity contribution in [2.24, 2.45) is 0 Å². The molecule has 0 unspecified atom stereocenters. The first-order valence-electron chi connectivity index (χ1n) is 8.60. The highest BCUT2D eigenvalue weighted by Gasteiger charge is 2.13. The van der Waals surface area contributed by atoms with E-state index < -0.39 is 0 Å². The minimum Gasteiger partial charge on any atom is -0.380 e. The van der Waals surface area contributed by atoms with Crippen LogP contribution >= 0.6 is 0 Å². The summed E-state index contributed by atoms with van der Waals surface area (Å²) in [5.74, 6) is 0.830. The first-order valence-corrected chi connectivity index (χ1v) is 8.60. The number of hydrogen-bond donors (Lipinski definition) is 1. The Labute approximate surface area is 141 Å². The Balaban J connectivity index is 1.47. The molecule has 124 valence electrons. The Bertz CT molecular complexity index is 806. The molecule has 1 saturated heterocycles. The van der Waals surface area contributed by atoms with Crippen LogP contribution in [0.3, 0.4) is 0 Å². The van der Waals surface area contributed by atoms with Crippen LogP contribution in [-0.2, 0) is 17.6 Å². The van der Waals surface area contributed by atoms with Gasteiger partial charge in [0.1, 0.15) is 0 Å². The van der Waals surface area contributed by atoms with Crippen LogP contribution in [0.25, 0.3) is 10.9 Å². The maximum absolute atomic E-state index is 5.51. The molecule has 1 aromatic carbocycles. The lowest BCUT2D eigenvalue weighted by molar-refractivity contribution is 0.152. The summed E-state index contributed by atoms with van der Waals surface area (Å²) in [6, 6.07) is 10.5. The van der Waals surface area contributed by atoms with Gasteiger partial charge in [-0.15, -0.1) is 0 Å². The van der Waals surface area contributed by atoms with Crippen LogP contribution in [0.1, 0.15) is 17.7 Å². The molecule has 1 fully saturated rings. The number of hydrogen-bond acceptors (Lipinski definition) is 4. The van der Waals surface area contributed by atoms with E-state index in [9.17, 15) is 0 Å². The van der Waals surface area contributed by atoms with E-state index in [0.717, 1.165) is 57.2 Å². The second-order valence-electron chi connectivity index (χ2n) is 6.16. The number of H-pyrrole nitrogens is 1. The SMILES string of the molecule is c1ccc2c(CCc3ccnc(N4CCCOCC4)n3)c[nH]c2c1. The van der Waals surface area contributed by atoms with Crippen molar-refractivity contribution in [3.8, 4) is 0 Å². The van der Waals surface area contributed by atoms with Gasteiger partial charge in [0.25, 0.3) is 0 Å². The maximum atomic E-state index is 5.51. The summed E-state index contributed by atoms with van der Waals surface area (Å²) in [6.07, 6.45) is 6.91. The van der Waals surface area contributed by atoms with Crippen molar-refractivity contribution in [3.05, 3.63) is 54.0 Å². The van der Waals surface area contributed by atoms with Gasteiger partial charge in [-0.05, 0) is 37.0 Å². The van der Waals surface area contributed by atoms with E-state index in [-0.39, 0.29) is 0 Å². The zero-order chi connectivity index (χ0) is 16.2. The molecule has 5 nitrogen and oxygen atoms in total. The summed E-state index contributed by atoms with van der Waals surface area (Å²) < 4.78 is 5.51. The number of aromatic amines is 1. The standard InChI is InChI=1S/C19H22N4O/c1-2-5-18-17(4-1)15(14-21-18)6-7-16-8-9-20-19(22-16)23-10-3-12-24-13-11-23/h1-2,4-5,8-9,14,21H,3,6-7,10-13H2. The fraction of sp³-hybridized carbons (Fsp3) is 0.368. The lowest BCUT2D eigenvalue weighted by atomic mass is 10.1. The van der Waals surface area contributed by atoms with Gasteiger partial charge in [0.15, 0.2) is 0 Å². The third-order valence-electron chi connectivity index (χ3n) is 4.53. The van der Waals surface area contributed by atoms with Crippen molar-refractivity contribution < 1.29 is 4.74 Å². The van der Waals surface area contributed by atoms with Crippen molar-refractivity contribution in [3.63, 3.8) is 0 Å². The summed E-state index contributed by atoms with van der Waals surface area (Å²) >= 11 is 0. The summed E-state index contributed by atoms with van der Waals surface area (Å²) in [5, 5.41) is 1.30. The molecule has 0 saturated carbocycles. The minimum atomic E-state index is 0.753. The van der Waals surface area contributed by atoms with Crippen molar-refractivity contribution in [2.45, 2.75) is 19.3 Å². The zero-order valence-electron chi connectivity index (χ0n) is 13.7. The lowest BCUT2D eigenvalue weighted by Gasteiger charge is -2.19. The van der Waals surface area contributed by atoms with Crippen LogP contribution in [0.2, 0.25) is 0 Å². The van der Waals surface area contributed by atoms with Crippen LogP contribution in [0.4, 0.5) is 5.95 Å². The number of fused-ring (bicyclic) bond motifs is 1. The number of nitrogens with zero attached hydrogens (tertiary/aromatic N) is 3. The molecule has 3 heterocycles. The monoisotopic (exact) mass is 322 g/mol. The molecule has 5 heteroatoms. The first kappa shape index (κ1) is 15.1. The molecule has 0 radical (unpaired) electrons. The molecule has 1 aliphatic heterocycles. The van der Waals surface area contributed by atoms with Crippen molar-refractivity contribution in [1.82, 2.24) is 15.0 Å². The summed E-state index contributed by atoms with van der Waals surface area (Å²) in [7, 11) is 0. The minimum absolute atomic E-state index is 0.753. The van der Waals surface area contributed by atoms with Gasteiger partial charge in [-0.25, -0.2) is 9.97 Å². The third kappa shape index (κ3) is 3.26. The van der Waals surface area contributed by atoms with Crippen molar-refractivity contribution >= 4 is 16.9 Å². The maximum Gasteiger partial charge on any atom is 0.225 e. The fourth-order valence-corrected chi connectivity index (χ4v) is 3.22. The number of aryl methyl sites for hydroxylation is 2. The predicted octanol–water partition coefficient (Wildman–Crippen LogP) is 2.97. The van der Waals surface area contributed by atoms with Gasteiger partial charge in [0.2, 0.25) is 5.95 Å². The molecule has 4 rings (SSSR count). The molecule has 0 bridgehead atoms. The largest absolute Gasteiger partial charge is 0.380 e. The van der Waals surface area contributed by atoms with Gasteiger partial charge < -0.3 is 14.6 Å². The highest BCUT2D eigenvalue weighted by Crippen LogP contribution is 2.19. The highest BCUT2D eigenvalue weighted by molar-refractivity contribution is 5.83. The van der Waals surface area contributed by atoms with Gasteiger partial charge in [0.05, 0.1) is 6.61 Å². The van der Waals surface area contributed by atoms with Crippen molar-refractivity contribution in [1.29, 1.82) is 0 Å². The van der Waals surface area contributed by atoms with E-state index in [2.05, 4.69) is 45.3 Å². The Hall–Kier alpha value is -2.40. The Morgan fingerprint density at radius 3 is 3.04 bits per heavy atom. The second kappa shape index (κ2) is 7.01. The number of benzene rings is 1. The Morgan fingerprint density at radius 2 is 2.04 bits per heavy atom. The van der Waals surface area contributed by atoms with Crippen LogP contribution in [0, 0.1) is 0 Å². The normalized spacial score (nSPS) is 15.6. The highest BCUT2D eigenvalue weighted by atomic mass is 16.5. The summed E-state index contributed by atoms with van der Waals surface area (Å²) in [5.41, 5.74) is 3.63. The molecule has 0 spiro atoms. The molecular weight excluding hydrogens is 300 g/mol. The summed E-state index contributed by atoms with van der Waals surface area (Å²) in [4.78, 5) is 14.8. The van der Waals surface area contributed by atoms with E-state index in [1.807, 2.05) is 12.3 Å². The molecular formula is C19H22N4O. The fourth-order valence-electron chi connectivity index (χ4n) is 3.22. The van der Waals surface area contributed by atoms with Gasteiger partial charge in [-0.1, -0.05) is 18.2 Å². The smallest absolute Gasteiger partial charge is 0.225 e. The molecule has 0 aliphatic carbocycles. The number of anilines is 1. The molecule has 1 aliphatic rings. The van der Waals surface area contributed by atoms with E-state index >= 15 is 0 Å². The lowest BCUT2D eigenvalue weighted by Crippen LogP contribution is -2.28. The predicted molar refractivity (Wildman–Crippen MR) is 95.4 cm³/mol. The quantitative estimate of drug-likeness (QED) is 0.802. The molecule has 1 N–H and O–H groups in total. The van der Waals surface area contributed by atoms with E-state index in [1.165, 1.54) is 16.5 Å². The van der Waals surface area contributed by atoms with Crippen LogP contribution in [-0.4, -0.2) is 41.3 Å². The molecule has 2 aromatic heterocycles. The third-order valence-corrected chi connectivity index (χ3v) is 4.53. The second-order valence-corrected chi connectivity index (χ2v) is 6.16. The number of para-hydroxylation sites is 1. The van der Waals surface area contributed by atoms with Crippen LogP contribution in [0.5, 0.6) is 0 Å². The van der Waals surface area contributed by atoms with E-state index in [0.29, 0.717) is 0 Å². The number of rotatable bonds is 4. The molecule has 3 aromatic rings. The molecule has 0 amide bonds. The van der Waals surface area contributed by atoms with Crippen molar-refractivity contribution in [2.75, 3.05) is 31.2 Å². The molecule has 24 heavy (non-hydrogen) atoms. The number of aromatic nitrogens is 3. The van der Waals surface area contributed by atoms with Gasteiger partial charge in [0, 0.05) is 48.7 Å². The van der Waals surface area contributed by atoms with Gasteiger partial charge >= 0.3 is 0 Å². The van der Waals surface area contributed by atoms with E-state index in [4.69, 9.17) is 9.72 Å². The average Bonchev–Trinajstić information content (AvgIpc) is 2.85. The van der Waals surface area contributed by atoms with Crippen LogP contribution < -0.4 is 4.90 Å². The van der Waals surface area contributed by atoms with Gasteiger partial charge in [-0.3, -0.25) is 0 Å². The first-order chi connectivity index (χ1) is 11.9. The molecule has 0 atom stereocenters.